The van der Waals surface area contributed by atoms with E-state index >= 15 is 0 Å². The molecule has 0 bridgehead atoms. The normalized spacial score (nSPS) is 23.9. The second-order valence-corrected chi connectivity index (χ2v) is 7.40. The lowest BCUT2D eigenvalue weighted by Crippen LogP contribution is -2.31. The van der Waals surface area contributed by atoms with Crippen molar-refractivity contribution >= 4 is 26.0 Å². The predicted molar refractivity (Wildman–Crippen MR) is 66.7 cm³/mol. The molecule has 3 nitrogen and oxygen atoms in total. The molecule has 0 aromatic heterocycles. The zero-order valence-electron chi connectivity index (χ0n) is 9.45. The molecule has 0 radical (unpaired) electrons. The number of hydrogen-bond acceptors (Lipinski definition) is 2. The molecule has 1 heterocycles. The number of rotatable bonds is 5. The predicted octanol–water partition coefficient (Wildman–Crippen LogP) is 2.08. The van der Waals surface area contributed by atoms with Crippen LogP contribution in [0.25, 0.3) is 0 Å². The van der Waals surface area contributed by atoms with E-state index in [1.807, 2.05) is 0 Å². The van der Waals surface area contributed by atoms with Gasteiger partial charge < -0.3 is 0 Å². The second-order valence-electron chi connectivity index (χ2n) is 4.67. The summed E-state index contributed by atoms with van der Waals surface area (Å²) < 4.78 is 25.5. The molecule has 0 aliphatic carbocycles. The van der Waals surface area contributed by atoms with Gasteiger partial charge in [0.15, 0.2) is 0 Å². The van der Waals surface area contributed by atoms with Crippen LogP contribution in [0, 0.1) is 11.8 Å². The van der Waals surface area contributed by atoms with E-state index in [4.69, 9.17) is 0 Å². The third-order valence-electron chi connectivity index (χ3n) is 2.81. The Hall–Kier alpha value is 0.390. The third kappa shape index (κ3) is 4.04. The number of sulfonamides is 1. The molecule has 1 aliphatic rings. The van der Waals surface area contributed by atoms with Gasteiger partial charge in [-0.1, -0.05) is 29.8 Å². The molecule has 5 heteroatoms. The number of alkyl halides is 1. The minimum atomic E-state index is -2.99. The maximum atomic E-state index is 11.9. The van der Waals surface area contributed by atoms with Gasteiger partial charge in [-0.05, 0) is 24.7 Å². The summed E-state index contributed by atoms with van der Waals surface area (Å²) in [7, 11) is -2.99. The quantitative estimate of drug-likeness (QED) is 0.729. The van der Waals surface area contributed by atoms with E-state index in [0.29, 0.717) is 30.7 Å². The summed E-state index contributed by atoms with van der Waals surface area (Å²) in [6, 6.07) is 0. The van der Waals surface area contributed by atoms with Crippen molar-refractivity contribution in [1.82, 2.24) is 4.31 Å². The highest BCUT2D eigenvalue weighted by molar-refractivity contribution is 9.09. The van der Waals surface area contributed by atoms with E-state index in [2.05, 4.69) is 29.8 Å². The first-order valence-electron chi connectivity index (χ1n) is 5.49. The molecule has 0 aromatic carbocycles. The van der Waals surface area contributed by atoms with Crippen LogP contribution in [0.3, 0.4) is 0 Å². The molecule has 0 saturated carbocycles. The Kier molecular flexibility index (Phi) is 5.06. The van der Waals surface area contributed by atoms with E-state index in [9.17, 15) is 8.42 Å². The van der Waals surface area contributed by atoms with Crippen LogP contribution in [0.5, 0.6) is 0 Å². The van der Waals surface area contributed by atoms with Crippen LogP contribution in [-0.4, -0.2) is 36.9 Å². The molecule has 1 atom stereocenters. The molecule has 0 aromatic rings. The Labute approximate surface area is 101 Å². The molecule has 90 valence electrons. The first kappa shape index (κ1) is 13.5. The average Bonchev–Trinajstić information content (AvgIpc) is 2.63. The molecular formula is C10H20BrNO2S. The largest absolute Gasteiger partial charge is 0.214 e. The van der Waals surface area contributed by atoms with Crippen LogP contribution in [0.2, 0.25) is 0 Å². The van der Waals surface area contributed by atoms with Gasteiger partial charge in [0.25, 0.3) is 0 Å². The van der Waals surface area contributed by atoms with Gasteiger partial charge in [-0.25, -0.2) is 12.7 Å². The van der Waals surface area contributed by atoms with Crippen molar-refractivity contribution < 1.29 is 8.42 Å². The first-order chi connectivity index (χ1) is 6.95. The third-order valence-corrected chi connectivity index (χ3v) is 5.60. The second kappa shape index (κ2) is 5.64. The van der Waals surface area contributed by atoms with E-state index in [1.54, 1.807) is 4.31 Å². The Balaban J connectivity index is 2.48. The summed E-state index contributed by atoms with van der Waals surface area (Å²) in [4.78, 5) is 0. The van der Waals surface area contributed by atoms with Crippen molar-refractivity contribution in [3.05, 3.63) is 0 Å². The Morgan fingerprint density at radius 1 is 1.47 bits per heavy atom. The fourth-order valence-corrected chi connectivity index (χ4v) is 4.07. The van der Waals surface area contributed by atoms with Crippen molar-refractivity contribution in [1.29, 1.82) is 0 Å². The topological polar surface area (TPSA) is 37.4 Å². The Bertz CT molecular complexity index is 290. The minimum Gasteiger partial charge on any atom is -0.212 e. The molecule has 1 unspecified atom stereocenters. The molecule has 0 N–H and O–H groups in total. The minimum absolute atomic E-state index is 0.305. The summed E-state index contributed by atoms with van der Waals surface area (Å²) >= 11 is 3.41. The fraction of sp³-hybridized carbons (Fsp3) is 1.00. The molecular weight excluding hydrogens is 278 g/mol. The number of hydrogen-bond donors (Lipinski definition) is 0. The lowest BCUT2D eigenvalue weighted by molar-refractivity contribution is 0.460. The average molecular weight is 298 g/mol. The van der Waals surface area contributed by atoms with Gasteiger partial charge in [-0.15, -0.1) is 0 Å². The van der Waals surface area contributed by atoms with Crippen LogP contribution in [0.15, 0.2) is 0 Å². The highest BCUT2D eigenvalue weighted by atomic mass is 79.9. The van der Waals surface area contributed by atoms with Crippen molar-refractivity contribution in [2.75, 3.05) is 24.2 Å². The van der Waals surface area contributed by atoms with Gasteiger partial charge in [0.2, 0.25) is 10.0 Å². The van der Waals surface area contributed by atoms with Gasteiger partial charge in [0.1, 0.15) is 0 Å². The Morgan fingerprint density at radius 2 is 2.13 bits per heavy atom. The maximum absolute atomic E-state index is 11.9. The summed E-state index contributed by atoms with van der Waals surface area (Å²) in [5.74, 6) is 1.26. The van der Waals surface area contributed by atoms with Gasteiger partial charge in [-0.2, -0.15) is 0 Å². The molecule has 1 saturated heterocycles. The van der Waals surface area contributed by atoms with Gasteiger partial charge in [-0.3, -0.25) is 0 Å². The van der Waals surface area contributed by atoms with Gasteiger partial charge >= 0.3 is 0 Å². The monoisotopic (exact) mass is 297 g/mol. The highest BCUT2D eigenvalue weighted by Gasteiger charge is 2.30. The smallest absolute Gasteiger partial charge is 0.212 e. The van der Waals surface area contributed by atoms with E-state index < -0.39 is 10.0 Å². The van der Waals surface area contributed by atoms with Crippen LogP contribution < -0.4 is 0 Å². The lowest BCUT2D eigenvalue weighted by Gasteiger charge is -2.16. The molecule has 0 spiro atoms. The van der Waals surface area contributed by atoms with Crippen molar-refractivity contribution in [2.24, 2.45) is 11.8 Å². The summed E-state index contributed by atoms with van der Waals surface area (Å²) in [5.41, 5.74) is 0. The van der Waals surface area contributed by atoms with E-state index in [-0.39, 0.29) is 0 Å². The van der Waals surface area contributed by atoms with Crippen molar-refractivity contribution in [3.63, 3.8) is 0 Å². The van der Waals surface area contributed by atoms with E-state index in [0.717, 1.165) is 18.2 Å². The molecule has 1 rings (SSSR count). The fourth-order valence-electron chi connectivity index (χ4n) is 1.69. The zero-order chi connectivity index (χ0) is 11.5. The first-order valence-corrected chi connectivity index (χ1v) is 8.22. The zero-order valence-corrected chi connectivity index (χ0v) is 11.8. The SMILES string of the molecule is CC(C)CCS(=O)(=O)N1CCC(CBr)C1. The van der Waals surface area contributed by atoms with Gasteiger partial charge in [0.05, 0.1) is 5.75 Å². The van der Waals surface area contributed by atoms with Crippen molar-refractivity contribution in [3.8, 4) is 0 Å². The Morgan fingerprint density at radius 3 is 2.60 bits per heavy atom. The molecule has 1 fully saturated rings. The molecule has 15 heavy (non-hydrogen) atoms. The summed E-state index contributed by atoms with van der Waals surface area (Å²) in [5, 5.41) is 0.906. The maximum Gasteiger partial charge on any atom is 0.214 e. The van der Waals surface area contributed by atoms with Crippen LogP contribution >= 0.6 is 15.9 Å². The van der Waals surface area contributed by atoms with E-state index in [1.165, 1.54) is 0 Å². The standard InChI is InChI=1S/C10H20BrNO2S/c1-9(2)4-6-15(13,14)12-5-3-10(7-11)8-12/h9-10H,3-8H2,1-2H3. The molecule has 0 amide bonds. The summed E-state index contributed by atoms with van der Waals surface area (Å²) in [6.07, 6.45) is 1.75. The molecule has 1 aliphatic heterocycles. The van der Waals surface area contributed by atoms with Crippen LogP contribution in [0.4, 0.5) is 0 Å². The highest BCUT2D eigenvalue weighted by Crippen LogP contribution is 2.22. The van der Waals surface area contributed by atoms with Gasteiger partial charge in [0, 0.05) is 18.4 Å². The summed E-state index contributed by atoms with van der Waals surface area (Å²) in [6.45, 7) is 5.52. The van der Waals surface area contributed by atoms with Crippen LogP contribution in [-0.2, 0) is 10.0 Å². The van der Waals surface area contributed by atoms with Crippen molar-refractivity contribution in [2.45, 2.75) is 26.7 Å². The van der Waals surface area contributed by atoms with Crippen LogP contribution in [0.1, 0.15) is 26.7 Å². The number of halogens is 1. The lowest BCUT2D eigenvalue weighted by atomic mass is 10.2. The number of nitrogens with zero attached hydrogens (tertiary/aromatic N) is 1.